The van der Waals surface area contributed by atoms with E-state index in [1.54, 1.807) is 0 Å². The Bertz CT molecular complexity index is 852. The van der Waals surface area contributed by atoms with E-state index in [4.69, 9.17) is 16.3 Å². The van der Waals surface area contributed by atoms with Crippen LogP contribution in [0.15, 0.2) is 36.4 Å². The zero-order chi connectivity index (χ0) is 19.6. The first-order valence-corrected chi connectivity index (χ1v) is 8.44. The zero-order valence-corrected chi connectivity index (χ0v) is 14.7. The van der Waals surface area contributed by atoms with Gasteiger partial charge in [-0.25, -0.2) is 4.39 Å². The Labute approximate surface area is 157 Å². The molecule has 27 heavy (non-hydrogen) atoms. The maximum absolute atomic E-state index is 13.2. The highest BCUT2D eigenvalue weighted by atomic mass is 35.5. The normalized spacial score (nSPS) is 14.9. The standard InChI is InChI=1S/C18H15ClF4N2O2/c19-14-10-12(20)2-3-13(14)17(26)24-15-9-11(18(21,22)23)1-4-16(15)25-5-7-27-8-6-25/h1-4,9-10H,5-8H2,(H,24,26). The Morgan fingerprint density at radius 3 is 2.44 bits per heavy atom. The van der Waals surface area contributed by atoms with Crippen LogP contribution in [-0.4, -0.2) is 32.2 Å². The summed E-state index contributed by atoms with van der Waals surface area (Å²) in [7, 11) is 0. The van der Waals surface area contributed by atoms with Crippen molar-refractivity contribution in [3.63, 3.8) is 0 Å². The van der Waals surface area contributed by atoms with E-state index >= 15 is 0 Å². The first-order chi connectivity index (χ1) is 12.8. The zero-order valence-electron chi connectivity index (χ0n) is 13.9. The fourth-order valence-electron chi connectivity index (χ4n) is 2.76. The fourth-order valence-corrected chi connectivity index (χ4v) is 3.01. The van der Waals surface area contributed by atoms with E-state index in [-0.39, 0.29) is 16.3 Å². The highest BCUT2D eigenvalue weighted by molar-refractivity contribution is 6.34. The molecule has 2 aromatic carbocycles. The number of amides is 1. The van der Waals surface area contributed by atoms with Crippen LogP contribution in [0.4, 0.5) is 28.9 Å². The molecule has 4 nitrogen and oxygen atoms in total. The molecule has 1 aliphatic heterocycles. The summed E-state index contributed by atoms with van der Waals surface area (Å²) in [4.78, 5) is 14.3. The minimum absolute atomic E-state index is 0.00267. The van der Waals surface area contributed by atoms with E-state index in [1.807, 2.05) is 4.90 Å². The van der Waals surface area contributed by atoms with Crippen LogP contribution in [0.3, 0.4) is 0 Å². The SMILES string of the molecule is O=C(Nc1cc(C(F)(F)F)ccc1N1CCOCC1)c1ccc(F)cc1Cl. The van der Waals surface area contributed by atoms with Gasteiger partial charge in [-0.15, -0.1) is 0 Å². The summed E-state index contributed by atoms with van der Waals surface area (Å²) < 4.78 is 57.7. The number of alkyl halides is 3. The molecule has 144 valence electrons. The third-order valence-electron chi connectivity index (χ3n) is 4.10. The summed E-state index contributed by atoms with van der Waals surface area (Å²) in [6.45, 7) is 1.81. The van der Waals surface area contributed by atoms with Crippen molar-refractivity contribution in [3.05, 3.63) is 58.4 Å². The summed E-state index contributed by atoms with van der Waals surface area (Å²) in [5.74, 6) is -1.35. The number of halogens is 5. The molecular formula is C18H15ClF4N2O2. The number of carbonyl (C=O) groups is 1. The minimum Gasteiger partial charge on any atom is -0.378 e. The Morgan fingerprint density at radius 2 is 1.81 bits per heavy atom. The highest BCUT2D eigenvalue weighted by Crippen LogP contribution is 2.36. The first-order valence-electron chi connectivity index (χ1n) is 8.06. The van der Waals surface area contributed by atoms with Crippen molar-refractivity contribution >= 4 is 28.9 Å². The summed E-state index contributed by atoms with van der Waals surface area (Å²) >= 11 is 5.88. The molecule has 0 radical (unpaired) electrons. The third kappa shape index (κ3) is 4.51. The first kappa shape index (κ1) is 19.4. The second kappa shape index (κ2) is 7.74. The van der Waals surface area contributed by atoms with Crippen LogP contribution in [-0.2, 0) is 10.9 Å². The minimum atomic E-state index is -4.56. The predicted molar refractivity (Wildman–Crippen MR) is 93.8 cm³/mol. The number of carbonyl (C=O) groups excluding carboxylic acids is 1. The van der Waals surface area contributed by atoms with Gasteiger partial charge in [0.1, 0.15) is 5.82 Å². The summed E-state index contributed by atoms with van der Waals surface area (Å²) in [5, 5.41) is 2.34. The quantitative estimate of drug-likeness (QED) is 0.764. The van der Waals surface area contributed by atoms with Crippen LogP contribution in [0.2, 0.25) is 5.02 Å². The van der Waals surface area contributed by atoms with Gasteiger partial charge in [0, 0.05) is 13.1 Å². The summed E-state index contributed by atoms with van der Waals surface area (Å²) in [5.41, 5.74) is -0.488. The molecule has 0 bridgehead atoms. The Balaban J connectivity index is 1.96. The molecule has 1 N–H and O–H groups in total. The number of hydrogen-bond donors (Lipinski definition) is 1. The molecule has 9 heteroatoms. The maximum Gasteiger partial charge on any atom is 0.416 e. The maximum atomic E-state index is 13.2. The lowest BCUT2D eigenvalue weighted by Gasteiger charge is -2.31. The number of rotatable bonds is 3. The van der Waals surface area contributed by atoms with E-state index in [1.165, 1.54) is 12.1 Å². The van der Waals surface area contributed by atoms with Crippen LogP contribution in [0, 0.1) is 5.82 Å². The average molecular weight is 403 g/mol. The molecule has 1 amide bonds. The van der Waals surface area contributed by atoms with Crippen molar-refractivity contribution in [1.29, 1.82) is 0 Å². The average Bonchev–Trinajstić information content (AvgIpc) is 2.61. The van der Waals surface area contributed by atoms with E-state index < -0.39 is 23.5 Å². The van der Waals surface area contributed by atoms with Crippen LogP contribution in [0.1, 0.15) is 15.9 Å². The van der Waals surface area contributed by atoms with E-state index in [0.29, 0.717) is 32.0 Å². The molecule has 0 unspecified atom stereocenters. The van der Waals surface area contributed by atoms with Gasteiger partial charge in [0.05, 0.1) is 40.7 Å². The summed E-state index contributed by atoms with van der Waals surface area (Å²) in [6, 6.07) is 6.35. The van der Waals surface area contributed by atoms with E-state index in [0.717, 1.165) is 24.3 Å². The number of nitrogens with one attached hydrogen (secondary N) is 1. The molecule has 1 aliphatic rings. The van der Waals surface area contributed by atoms with Crippen molar-refractivity contribution in [2.45, 2.75) is 6.18 Å². The molecule has 1 heterocycles. The monoisotopic (exact) mass is 402 g/mol. The van der Waals surface area contributed by atoms with E-state index in [2.05, 4.69) is 5.32 Å². The van der Waals surface area contributed by atoms with Crippen molar-refractivity contribution in [2.24, 2.45) is 0 Å². The Hall–Kier alpha value is -2.32. The van der Waals surface area contributed by atoms with Crippen LogP contribution in [0.5, 0.6) is 0 Å². The van der Waals surface area contributed by atoms with Gasteiger partial charge in [0.2, 0.25) is 0 Å². The highest BCUT2D eigenvalue weighted by Gasteiger charge is 2.32. The van der Waals surface area contributed by atoms with Gasteiger partial charge >= 0.3 is 6.18 Å². The topological polar surface area (TPSA) is 41.6 Å². The largest absolute Gasteiger partial charge is 0.416 e. The number of hydrogen-bond acceptors (Lipinski definition) is 3. The molecule has 0 spiro atoms. The molecular weight excluding hydrogens is 388 g/mol. The van der Waals surface area contributed by atoms with Crippen molar-refractivity contribution in [1.82, 2.24) is 0 Å². The lowest BCUT2D eigenvalue weighted by Crippen LogP contribution is -2.36. The molecule has 0 aromatic heterocycles. The predicted octanol–water partition coefficient (Wildman–Crippen LogP) is 4.59. The summed E-state index contributed by atoms with van der Waals surface area (Å²) in [6.07, 6.45) is -4.56. The van der Waals surface area contributed by atoms with Gasteiger partial charge in [0.15, 0.2) is 0 Å². The second-order valence-corrected chi connectivity index (χ2v) is 6.31. The van der Waals surface area contributed by atoms with Crippen LogP contribution >= 0.6 is 11.6 Å². The van der Waals surface area contributed by atoms with Crippen LogP contribution < -0.4 is 10.2 Å². The molecule has 2 aromatic rings. The molecule has 0 saturated carbocycles. The van der Waals surface area contributed by atoms with Gasteiger partial charge in [0.25, 0.3) is 5.91 Å². The van der Waals surface area contributed by atoms with E-state index in [9.17, 15) is 22.4 Å². The third-order valence-corrected chi connectivity index (χ3v) is 4.41. The van der Waals surface area contributed by atoms with Crippen molar-refractivity contribution < 1.29 is 27.1 Å². The fraction of sp³-hybridized carbons (Fsp3) is 0.278. The smallest absolute Gasteiger partial charge is 0.378 e. The number of ether oxygens (including phenoxy) is 1. The molecule has 3 rings (SSSR count). The molecule has 0 aliphatic carbocycles. The Morgan fingerprint density at radius 1 is 1.11 bits per heavy atom. The number of anilines is 2. The second-order valence-electron chi connectivity index (χ2n) is 5.91. The molecule has 1 fully saturated rings. The Kier molecular flexibility index (Phi) is 5.57. The number of nitrogens with zero attached hydrogens (tertiary/aromatic N) is 1. The number of morpholine rings is 1. The number of benzene rings is 2. The van der Waals surface area contributed by atoms with Crippen LogP contribution in [0.25, 0.3) is 0 Å². The van der Waals surface area contributed by atoms with Crippen molar-refractivity contribution in [2.75, 3.05) is 36.5 Å². The lowest BCUT2D eigenvalue weighted by molar-refractivity contribution is -0.137. The van der Waals surface area contributed by atoms with Gasteiger partial charge < -0.3 is 15.0 Å². The van der Waals surface area contributed by atoms with Gasteiger partial charge in [-0.3, -0.25) is 4.79 Å². The van der Waals surface area contributed by atoms with Crippen molar-refractivity contribution in [3.8, 4) is 0 Å². The van der Waals surface area contributed by atoms with Gasteiger partial charge in [-0.1, -0.05) is 11.6 Å². The molecule has 1 saturated heterocycles. The van der Waals surface area contributed by atoms with Gasteiger partial charge in [-0.05, 0) is 36.4 Å². The lowest BCUT2D eigenvalue weighted by atomic mass is 10.1. The molecule has 0 atom stereocenters. The van der Waals surface area contributed by atoms with Gasteiger partial charge in [-0.2, -0.15) is 13.2 Å².